The van der Waals surface area contributed by atoms with Gasteiger partial charge in [0.15, 0.2) is 6.04 Å². The average molecular weight is 388 g/mol. The number of aryl methyl sites for hydroxylation is 1. The first-order valence-electron chi connectivity index (χ1n) is 9.50. The summed E-state index contributed by atoms with van der Waals surface area (Å²) in [5.74, 6) is -0.672. The number of nitrogens with one attached hydrogen (secondary N) is 2. The van der Waals surface area contributed by atoms with Crippen LogP contribution in [-0.4, -0.2) is 56.1 Å². The monoisotopic (exact) mass is 388 g/mol. The maximum absolute atomic E-state index is 13.1. The van der Waals surface area contributed by atoms with E-state index in [1.807, 2.05) is 6.92 Å². The van der Waals surface area contributed by atoms with Crippen molar-refractivity contribution in [1.82, 2.24) is 4.98 Å². The molecule has 0 unspecified atom stereocenters. The third-order valence-electron chi connectivity index (χ3n) is 5.68. The summed E-state index contributed by atoms with van der Waals surface area (Å²) in [6.45, 7) is 8.70. The first-order valence-corrected chi connectivity index (χ1v) is 9.50. The molecule has 0 bridgehead atoms. The van der Waals surface area contributed by atoms with Crippen LogP contribution in [0.3, 0.4) is 0 Å². The Labute approximate surface area is 164 Å². The lowest BCUT2D eigenvalue weighted by molar-refractivity contribution is -0.914. The van der Waals surface area contributed by atoms with Gasteiger partial charge >= 0.3 is 5.97 Å². The number of hydrogen-bond donors (Lipinski definition) is 2. The van der Waals surface area contributed by atoms with Gasteiger partial charge in [0.1, 0.15) is 5.82 Å². The Balaban J connectivity index is 1.68. The quantitative estimate of drug-likeness (QED) is 0.602. The Morgan fingerprint density at radius 2 is 1.79 bits per heavy atom. The van der Waals surface area contributed by atoms with Crippen LogP contribution in [-0.2, 0) is 4.74 Å². The molecule has 1 atom stereocenters. The second-order valence-corrected chi connectivity index (χ2v) is 7.32. The number of aromatic nitrogens is 1. The molecule has 1 aromatic heterocycles. The van der Waals surface area contributed by atoms with Crippen LogP contribution >= 0.6 is 0 Å². The van der Waals surface area contributed by atoms with E-state index in [1.165, 1.54) is 24.1 Å². The Bertz CT molecular complexity index is 868. The number of carbonyl (C=O) groups excluding carboxylic acids is 2. The fraction of sp³-hybridized carbons (Fsp3) is 0.429. The van der Waals surface area contributed by atoms with Crippen molar-refractivity contribution >= 4 is 17.4 Å². The second kappa shape index (κ2) is 8.14. The van der Waals surface area contributed by atoms with E-state index in [1.54, 1.807) is 26.0 Å². The first kappa shape index (κ1) is 20.1. The zero-order chi connectivity index (χ0) is 20.4. The Kier molecular flexibility index (Phi) is 5.84. The summed E-state index contributed by atoms with van der Waals surface area (Å²) in [4.78, 5) is 31.5. The van der Waals surface area contributed by atoms with Gasteiger partial charge in [0, 0.05) is 11.4 Å². The number of nitrogens with zero attached hydrogens (tertiary/aromatic N) is 1. The van der Waals surface area contributed by atoms with E-state index in [4.69, 9.17) is 4.74 Å². The largest absolute Gasteiger partial charge is 0.465 e. The summed E-state index contributed by atoms with van der Waals surface area (Å²) in [5, 5.41) is 0. The van der Waals surface area contributed by atoms with Gasteiger partial charge in [0.25, 0.3) is 0 Å². The van der Waals surface area contributed by atoms with E-state index < -0.39 is 5.97 Å². The Morgan fingerprint density at radius 3 is 2.36 bits per heavy atom. The molecule has 0 spiro atoms. The molecule has 1 aromatic carbocycles. The molecule has 150 valence electrons. The zero-order valence-electron chi connectivity index (χ0n) is 16.8. The number of H-pyrrole nitrogens is 1. The number of ether oxygens (including phenoxy) is 1. The molecule has 0 amide bonds. The predicted molar refractivity (Wildman–Crippen MR) is 105 cm³/mol. The lowest BCUT2D eigenvalue weighted by Gasteiger charge is -2.36. The van der Waals surface area contributed by atoms with Crippen LogP contribution in [0.1, 0.15) is 39.0 Å². The highest BCUT2D eigenvalue weighted by Crippen LogP contribution is 2.20. The van der Waals surface area contributed by atoms with Crippen molar-refractivity contribution in [2.24, 2.45) is 0 Å². The van der Waals surface area contributed by atoms with Crippen molar-refractivity contribution in [2.75, 3.05) is 38.2 Å². The first-order chi connectivity index (χ1) is 13.3. The number of ketones is 1. The van der Waals surface area contributed by atoms with Crippen molar-refractivity contribution in [2.45, 2.75) is 26.8 Å². The van der Waals surface area contributed by atoms with Crippen molar-refractivity contribution in [3.63, 3.8) is 0 Å². The van der Waals surface area contributed by atoms with E-state index in [2.05, 4.69) is 9.88 Å². The fourth-order valence-electron chi connectivity index (χ4n) is 3.94. The van der Waals surface area contributed by atoms with Crippen LogP contribution in [0, 0.1) is 19.7 Å². The molecule has 2 heterocycles. The lowest BCUT2D eigenvalue weighted by atomic mass is 10.0. The number of quaternary nitrogens is 1. The number of esters is 1. The summed E-state index contributed by atoms with van der Waals surface area (Å²) in [7, 11) is 1.34. The van der Waals surface area contributed by atoms with Crippen LogP contribution in [0.2, 0.25) is 0 Å². The second-order valence-electron chi connectivity index (χ2n) is 7.32. The molecule has 0 radical (unpaired) electrons. The molecular weight excluding hydrogens is 361 g/mol. The number of piperazine rings is 1. The number of anilines is 1. The summed E-state index contributed by atoms with van der Waals surface area (Å²) in [6.07, 6.45) is 0. The van der Waals surface area contributed by atoms with E-state index in [9.17, 15) is 14.0 Å². The Hall–Kier alpha value is -2.67. The molecule has 1 saturated heterocycles. The summed E-state index contributed by atoms with van der Waals surface area (Å²) < 4.78 is 17.9. The third-order valence-corrected chi connectivity index (χ3v) is 5.68. The SMILES string of the molecule is COC(=O)c1c(C)[nH]c(C(=O)[C@H](C)[NH+]2CCN(c3ccc(F)cc3)CC2)c1C. The molecule has 2 N–H and O–H groups in total. The zero-order valence-corrected chi connectivity index (χ0v) is 16.8. The molecule has 1 aliphatic heterocycles. The normalized spacial score (nSPS) is 16.1. The molecule has 28 heavy (non-hydrogen) atoms. The molecule has 0 saturated carbocycles. The van der Waals surface area contributed by atoms with Gasteiger partial charge in [-0.2, -0.15) is 0 Å². The standard InChI is InChI=1S/C21H26FN3O3/c1-13-18(21(27)28-4)14(2)23-19(13)20(26)15(3)24-9-11-25(12-10-24)17-7-5-16(22)6-8-17/h5-8,15,23H,9-12H2,1-4H3/p+1/t15-/m0/s1. The van der Waals surface area contributed by atoms with Crippen LogP contribution in [0.4, 0.5) is 10.1 Å². The van der Waals surface area contributed by atoms with Crippen LogP contribution < -0.4 is 9.80 Å². The number of methoxy groups -OCH3 is 1. The molecule has 2 aromatic rings. The molecular formula is C21H27FN3O3+. The molecule has 1 aliphatic rings. The summed E-state index contributed by atoms with van der Waals surface area (Å²) in [5.41, 5.74) is 3.22. The number of Topliss-reactive ketones (excluding diaryl/α,β-unsaturated/α-hetero) is 1. The summed E-state index contributed by atoms with van der Waals surface area (Å²) >= 11 is 0. The van der Waals surface area contributed by atoms with Gasteiger partial charge in [-0.3, -0.25) is 4.79 Å². The van der Waals surface area contributed by atoms with Crippen molar-refractivity contribution in [3.8, 4) is 0 Å². The van der Waals surface area contributed by atoms with Crippen LogP contribution in [0.5, 0.6) is 0 Å². The van der Waals surface area contributed by atoms with E-state index in [0.29, 0.717) is 22.5 Å². The Morgan fingerprint density at radius 1 is 1.18 bits per heavy atom. The molecule has 0 aliphatic carbocycles. The van der Waals surface area contributed by atoms with Gasteiger partial charge < -0.3 is 19.5 Å². The smallest absolute Gasteiger partial charge is 0.339 e. The maximum atomic E-state index is 13.1. The van der Waals surface area contributed by atoms with Gasteiger partial charge in [0.2, 0.25) is 5.78 Å². The number of benzene rings is 1. The molecule has 6 nitrogen and oxygen atoms in total. The minimum absolute atomic E-state index is 0.000912. The minimum atomic E-state index is -0.432. The molecule has 1 fully saturated rings. The lowest BCUT2D eigenvalue weighted by Crippen LogP contribution is -3.18. The van der Waals surface area contributed by atoms with Gasteiger partial charge in [-0.05, 0) is 50.6 Å². The molecule has 3 rings (SSSR count). The predicted octanol–water partition coefficient (Wildman–Crippen LogP) is 1.53. The number of carbonyl (C=O) groups is 2. The van der Waals surface area contributed by atoms with E-state index >= 15 is 0 Å². The highest BCUT2D eigenvalue weighted by atomic mass is 19.1. The number of rotatable bonds is 5. The maximum Gasteiger partial charge on any atom is 0.339 e. The van der Waals surface area contributed by atoms with Gasteiger partial charge in [-0.25, -0.2) is 9.18 Å². The van der Waals surface area contributed by atoms with Crippen molar-refractivity contribution in [1.29, 1.82) is 0 Å². The minimum Gasteiger partial charge on any atom is -0.465 e. The van der Waals surface area contributed by atoms with Crippen LogP contribution in [0.25, 0.3) is 0 Å². The number of aromatic amines is 1. The number of hydrogen-bond acceptors (Lipinski definition) is 4. The van der Waals surface area contributed by atoms with E-state index in [0.717, 1.165) is 31.9 Å². The third kappa shape index (κ3) is 3.80. The highest BCUT2D eigenvalue weighted by molar-refractivity contribution is 6.03. The summed E-state index contributed by atoms with van der Waals surface area (Å²) in [6, 6.07) is 6.28. The van der Waals surface area contributed by atoms with Crippen molar-refractivity contribution in [3.05, 3.63) is 52.6 Å². The number of halogens is 1. The average Bonchev–Trinajstić information content (AvgIpc) is 3.01. The molecule has 7 heteroatoms. The van der Waals surface area contributed by atoms with Crippen molar-refractivity contribution < 1.29 is 23.6 Å². The van der Waals surface area contributed by atoms with Gasteiger partial charge in [-0.15, -0.1) is 0 Å². The van der Waals surface area contributed by atoms with E-state index in [-0.39, 0.29) is 17.6 Å². The van der Waals surface area contributed by atoms with Gasteiger partial charge in [-0.1, -0.05) is 0 Å². The van der Waals surface area contributed by atoms with Gasteiger partial charge in [0.05, 0.1) is 44.5 Å². The van der Waals surface area contributed by atoms with Crippen LogP contribution in [0.15, 0.2) is 24.3 Å². The fourth-order valence-corrected chi connectivity index (χ4v) is 3.94. The topological polar surface area (TPSA) is 66.8 Å². The highest BCUT2D eigenvalue weighted by Gasteiger charge is 2.33.